The van der Waals surface area contributed by atoms with Crippen LogP contribution in [0.4, 0.5) is 5.69 Å². The van der Waals surface area contributed by atoms with E-state index in [1.807, 2.05) is 0 Å². The van der Waals surface area contributed by atoms with Crippen LogP contribution in [0.2, 0.25) is 0 Å². The zero-order valence-electron chi connectivity index (χ0n) is 10.5. The maximum absolute atomic E-state index is 11.7. The van der Waals surface area contributed by atoms with E-state index in [1.165, 1.54) is 17.0 Å². The van der Waals surface area contributed by atoms with E-state index in [-0.39, 0.29) is 16.4 Å². The van der Waals surface area contributed by atoms with Crippen molar-refractivity contribution in [3.63, 3.8) is 0 Å². The van der Waals surface area contributed by atoms with Crippen molar-refractivity contribution in [3.8, 4) is 0 Å². The number of carbonyl (C=O) groups is 1. The molecular formula is C12H15NO5S. The van der Waals surface area contributed by atoms with Crippen molar-refractivity contribution in [2.75, 3.05) is 11.4 Å². The van der Waals surface area contributed by atoms with E-state index < -0.39 is 16.7 Å². The third kappa shape index (κ3) is 2.63. The van der Waals surface area contributed by atoms with Crippen LogP contribution in [-0.4, -0.2) is 30.5 Å². The van der Waals surface area contributed by atoms with Gasteiger partial charge in [-0.1, -0.05) is 6.07 Å². The molecule has 0 unspecified atom stereocenters. The Morgan fingerprint density at radius 2 is 2.05 bits per heavy atom. The fraction of sp³-hybridized carbons (Fsp3) is 0.417. The molecule has 19 heavy (non-hydrogen) atoms. The zero-order chi connectivity index (χ0) is 14.2. The van der Waals surface area contributed by atoms with Crippen LogP contribution in [0.3, 0.4) is 0 Å². The zero-order valence-corrected chi connectivity index (χ0v) is 11.3. The van der Waals surface area contributed by atoms with Crippen LogP contribution in [0.15, 0.2) is 17.0 Å². The third-order valence-corrected chi connectivity index (χ3v) is 4.13. The van der Waals surface area contributed by atoms with Gasteiger partial charge in [0.05, 0.1) is 6.61 Å². The lowest BCUT2D eigenvalue weighted by Gasteiger charge is -2.20. The van der Waals surface area contributed by atoms with Gasteiger partial charge < -0.3 is 10.0 Å². The van der Waals surface area contributed by atoms with Crippen molar-refractivity contribution >= 4 is 21.7 Å². The third-order valence-electron chi connectivity index (χ3n) is 3.19. The van der Waals surface area contributed by atoms with Crippen molar-refractivity contribution in [2.24, 2.45) is 0 Å². The van der Waals surface area contributed by atoms with Crippen LogP contribution in [0, 0.1) is 6.92 Å². The number of aryl methyl sites for hydroxylation is 1. The Morgan fingerprint density at radius 3 is 2.53 bits per heavy atom. The van der Waals surface area contributed by atoms with E-state index in [4.69, 9.17) is 5.11 Å². The minimum absolute atomic E-state index is 0.0684. The van der Waals surface area contributed by atoms with E-state index >= 15 is 0 Å². The normalized spacial score (nSPS) is 16.2. The molecule has 0 aliphatic carbocycles. The number of aliphatic hydroxyl groups excluding tert-OH is 1. The molecule has 1 fully saturated rings. The average molecular weight is 285 g/mol. The lowest BCUT2D eigenvalue weighted by Crippen LogP contribution is -2.25. The molecule has 0 radical (unpaired) electrons. The standard InChI is InChI=1S/C12H15NO5S/c1-8-5-9(7-14)11(19(16,17)18)6-10(8)13-4-2-3-12(13)15/h5-6,14H,2-4,7H2,1H3,(H,16,17,18). The highest BCUT2D eigenvalue weighted by atomic mass is 32.2. The summed E-state index contributed by atoms with van der Waals surface area (Å²) in [5.41, 5.74) is 1.27. The van der Waals surface area contributed by atoms with E-state index in [0.717, 1.165) is 6.42 Å². The quantitative estimate of drug-likeness (QED) is 0.803. The molecule has 2 rings (SSSR count). The van der Waals surface area contributed by atoms with Gasteiger partial charge in [-0.15, -0.1) is 0 Å². The molecule has 0 spiro atoms. The molecule has 0 atom stereocenters. The molecule has 7 heteroatoms. The minimum atomic E-state index is -4.43. The van der Waals surface area contributed by atoms with Gasteiger partial charge in [0.25, 0.3) is 10.1 Å². The highest BCUT2D eigenvalue weighted by molar-refractivity contribution is 7.85. The van der Waals surface area contributed by atoms with Gasteiger partial charge >= 0.3 is 0 Å². The maximum atomic E-state index is 11.7. The summed E-state index contributed by atoms with van der Waals surface area (Å²) < 4.78 is 31.8. The first kappa shape index (κ1) is 14.0. The van der Waals surface area contributed by atoms with Gasteiger partial charge in [-0.25, -0.2) is 0 Å². The summed E-state index contributed by atoms with van der Waals surface area (Å²) in [7, 11) is -4.43. The van der Waals surface area contributed by atoms with Crippen molar-refractivity contribution < 1.29 is 22.9 Å². The number of hydrogen-bond donors (Lipinski definition) is 2. The van der Waals surface area contributed by atoms with Crippen LogP contribution in [0.5, 0.6) is 0 Å². The molecular weight excluding hydrogens is 270 g/mol. The molecule has 0 saturated carbocycles. The van der Waals surface area contributed by atoms with Crippen LogP contribution < -0.4 is 4.90 Å². The summed E-state index contributed by atoms with van der Waals surface area (Å²) in [6, 6.07) is 2.73. The smallest absolute Gasteiger partial charge is 0.294 e. The van der Waals surface area contributed by atoms with Gasteiger partial charge in [0.2, 0.25) is 5.91 Å². The summed E-state index contributed by atoms with van der Waals surface area (Å²) in [4.78, 5) is 12.9. The fourth-order valence-corrected chi connectivity index (χ4v) is 3.01. The lowest BCUT2D eigenvalue weighted by molar-refractivity contribution is -0.117. The monoisotopic (exact) mass is 285 g/mol. The van der Waals surface area contributed by atoms with E-state index in [9.17, 15) is 17.8 Å². The first-order valence-electron chi connectivity index (χ1n) is 5.87. The molecule has 0 bridgehead atoms. The number of aliphatic hydroxyl groups is 1. The van der Waals surface area contributed by atoms with E-state index in [2.05, 4.69) is 0 Å². The number of benzene rings is 1. The fourth-order valence-electron chi connectivity index (χ4n) is 2.29. The minimum Gasteiger partial charge on any atom is -0.392 e. The molecule has 1 heterocycles. The molecule has 0 aromatic heterocycles. The second-order valence-corrected chi connectivity index (χ2v) is 5.92. The molecule has 1 amide bonds. The highest BCUT2D eigenvalue weighted by Crippen LogP contribution is 2.30. The number of rotatable bonds is 3. The molecule has 1 aromatic carbocycles. The second-order valence-electron chi connectivity index (χ2n) is 4.53. The summed E-state index contributed by atoms with van der Waals surface area (Å²) in [5, 5.41) is 9.16. The SMILES string of the molecule is Cc1cc(CO)c(S(=O)(=O)O)cc1N1CCCC1=O. The second kappa shape index (κ2) is 4.92. The van der Waals surface area contributed by atoms with Crippen LogP contribution in [0.25, 0.3) is 0 Å². The maximum Gasteiger partial charge on any atom is 0.294 e. The van der Waals surface area contributed by atoms with Crippen LogP contribution >= 0.6 is 0 Å². The molecule has 6 nitrogen and oxygen atoms in total. The molecule has 1 aromatic rings. The number of anilines is 1. The van der Waals surface area contributed by atoms with Gasteiger partial charge in [0.1, 0.15) is 4.90 Å². The van der Waals surface area contributed by atoms with Gasteiger partial charge in [-0.2, -0.15) is 8.42 Å². The Morgan fingerprint density at radius 1 is 1.37 bits per heavy atom. The highest BCUT2D eigenvalue weighted by Gasteiger charge is 2.26. The number of nitrogens with zero attached hydrogens (tertiary/aromatic N) is 1. The first-order valence-corrected chi connectivity index (χ1v) is 7.31. The summed E-state index contributed by atoms with van der Waals surface area (Å²) in [5.74, 6) is -0.0684. The van der Waals surface area contributed by atoms with Crippen molar-refractivity contribution in [3.05, 3.63) is 23.3 Å². The first-order chi connectivity index (χ1) is 8.84. The van der Waals surface area contributed by atoms with Crippen molar-refractivity contribution in [2.45, 2.75) is 31.3 Å². The predicted molar refractivity (Wildman–Crippen MR) is 68.5 cm³/mol. The Bertz CT molecular complexity index is 623. The van der Waals surface area contributed by atoms with Gasteiger partial charge in [-0.3, -0.25) is 9.35 Å². The van der Waals surface area contributed by atoms with Gasteiger partial charge in [0.15, 0.2) is 0 Å². The summed E-state index contributed by atoms with van der Waals surface area (Å²) >= 11 is 0. The van der Waals surface area contributed by atoms with Gasteiger partial charge in [0, 0.05) is 18.7 Å². The summed E-state index contributed by atoms with van der Waals surface area (Å²) in [6.45, 7) is 1.76. The number of carbonyl (C=O) groups excluding carboxylic acids is 1. The largest absolute Gasteiger partial charge is 0.392 e. The summed E-state index contributed by atoms with van der Waals surface area (Å²) in [6.07, 6.45) is 1.16. The number of amides is 1. The predicted octanol–water partition coefficient (Wildman–Crippen LogP) is 0.861. The molecule has 1 saturated heterocycles. The molecule has 1 aliphatic heterocycles. The average Bonchev–Trinajstić information content (AvgIpc) is 2.73. The Hall–Kier alpha value is -1.44. The Labute approximate surface area is 111 Å². The van der Waals surface area contributed by atoms with Crippen molar-refractivity contribution in [1.29, 1.82) is 0 Å². The van der Waals surface area contributed by atoms with Gasteiger partial charge in [-0.05, 0) is 30.5 Å². The van der Waals surface area contributed by atoms with Crippen LogP contribution in [-0.2, 0) is 21.5 Å². The van der Waals surface area contributed by atoms with Crippen LogP contribution in [0.1, 0.15) is 24.0 Å². The molecule has 1 aliphatic rings. The number of hydrogen-bond acceptors (Lipinski definition) is 4. The Kier molecular flexibility index (Phi) is 3.62. The Balaban J connectivity index is 2.60. The van der Waals surface area contributed by atoms with Crippen molar-refractivity contribution in [1.82, 2.24) is 0 Å². The topological polar surface area (TPSA) is 94.9 Å². The molecule has 104 valence electrons. The van der Waals surface area contributed by atoms with E-state index in [0.29, 0.717) is 24.2 Å². The lowest BCUT2D eigenvalue weighted by atomic mass is 10.1. The molecule has 2 N–H and O–H groups in total. The van der Waals surface area contributed by atoms with E-state index in [1.54, 1.807) is 6.92 Å².